The van der Waals surface area contributed by atoms with Crippen LogP contribution in [0.25, 0.3) is 0 Å². The van der Waals surface area contributed by atoms with Gasteiger partial charge in [-0.15, -0.1) is 0 Å². The van der Waals surface area contributed by atoms with E-state index in [0.717, 1.165) is 25.9 Å². The number of carbonyl (C=O) groups excluding carboxylic acids is 2. The van der Waals surface area contributed by atoms with E-state index in [1.165, 1.54) is 11.1 Å². The molecule has 170 valence electrons. The second-order valence-electron chi connectivity index (χ2n) is 8.59. The van der Waals surface area contributed by atoms with E-state index in [0.29, 0.717) is 38.3 Å². The fraction of sp³-hybridized carbons (Fsp3) is 0.440. The summed E-state index contributed by atoms with van der Waals surface area (Å²) in [6, 6.07) is 17.5. The summed E-state index contributed by atoms with van der Waals surface area (Å²) in [5.41, 5.74) is 3.37. The molecule has 0 aliphatic carbocycles. The Bertz CT molecular complexity index is 920. The molecular weight excluding hydrogens is 404 g/mol. The van der Waals surface area contributed by atoms with E-state index in [4.69, 9.17) is 0 Å². The first-order valence-corrected chi connectivity index (χ1v) is 11.4. The Morgan fingerprint density at radius 1 is 0.875 bits per heavy atom. The van der Waals surface area contributed by atoms with Gasteiger partial charge in [-0.1, -0.05) is 42.5 Å². The van der Waals surface area contributed by atoms with Crippen LogP contribution in [0.15, 0.2) is 54.6 Å². The van der Waals surface area contributed by atoms with Crippen molar-refractivity contribution >= 4 is 11.9 Å². The predicted molar refractivity (Wildman–Crippen MR) is 123 cm³/mol. The van der Waals surface area contributed by atoms with E-state index < -0.39 is 6.10 Å². The molecule has 0 radical (unpaired) electrons. The molecular formula is C25H32N4O3. The van der Waals surface area contributed by atoms with Crippen molar-refractivity contribution in [3.63, 3.8) is 0 Å². The molecule has 0 saturated carbocycles. The van der Waals surface area contributed by atoms with Gasteiger partial charge < -0.3 is 20.2 Å². The lowest BCUT2D eigenvalue weighted by Crippen LogP contribution is -2.47. The fourth-order valence-corrected chi connectivity index (χ4v) is 4.48. The van der Waals surface area contributed by atoms with Crippen LogP contribution in [0.5, 0.6) is 0 Å². The predicted octanol–water partition coefficient (Wildman–Crippen LogP) is 1.96. The van der Waals surface area contributed by atoms with Crippen molar-refractivity contribution in [2.24, 2.45) is 0 Å². The van der Waals surface area contributed by atoms with Gasteiger partial charge in [-0.2, -0.15) is 0 Å². The molecule has 0 bridgehead atoms. The van der Waals surface area contributed by atoms with Crippen molar-refractivity contribution in [3.05, 3.63) is 71.3 Å². The van der Waals surface area contributed by atoms with Crippen molar-refractivity contribution in [2.75, 3.05) is 45.8 Å². The van der Waals surface area contributed by atoms with Gasteiger partial charge in [-0.05, 0) is 36.1 Å². The maximum Gasteiger partial charge on any atom is 0.317 e. The second kappa shape index (κ2) is 10.6. The number of hydrogen-bond donors (Lipinski definition) is 2. The molecule has 7 heteroatoms. The van der Waals surface area contributed by atoms with Crippen molar-refractivity contribution in [2.45, 2.75) is 25.5 Å². The maximum atomic E-state index is 12.7. The smallest absolute Gasteiger partial charge is 0.317 e. The van der Waals surface area contributed by atoms with Crippen LogP contribution in [-0.2, 0) is 13.0 Å². The standard InChI is InChI=1S/C25H32N4O3/c30-23(19-27-14-11-20-7-4-5-10-22(20)18-27)17-26-25(32)29-13-6-12-28(15-16-29)24(31)21-8-2-1-3-9-21/h1-5,7-10,23,30H,6,11-19H2,(H,26,32)/t23-/m0/s1. The molecule has 2 N–H and O–H groups in total. The molecule has 2 heterocycles. The number of rotatable bonds is 5. The summed E-state index contributed by atoms with van der Waals surface area (Å²) in [7, 11) is 0. The quantitative estimate of drug-likeness (QED) is 0.751. The number of urea groups is 1. The first kappa shape index (κ1) is 22.3. The molecule has 2 aromatic carbocycles. The summed E-state index contributed by atoms with van der Waals surface area (Å²) in [6.07, 6.45) is 1.11. The first-order valence-electron chi connectivity index (χ1n) is 11.4. The third-order valence-electron chi connectivity index (χ3n) is 6.26. The molecule has 7 nitrogen and oxygen atoms in total. The highest BCUT2D eigenvalue weighted by Crippen LogP contribution is 2.18. The minimum Gasteiger partial charge on any atom is -0.390 e. The van der Waals surface area contributed by atoms with Crippen molar-refractivity contribution in [1.29, 1.82) is 0 Å². The Morgan fingerprint density at radius 2 is 1.56 bits per heavy atom. The zero-order valence-corrected chi connectivity index (χ0v) is 18.4. The van der Waals surface area contributed by atoms with Gasteiger partial charge in [0.1, 0.15) is 0 Å². The average molecular weight is 437 g/mol. The van der Waals surface area contributed by atoms with Crippen LogP contribution in [0.4, 0.5) is 4.79 Å². The van der Waals surface area contributed by atoms with Crippen molar-refractivity contribution in [3.8, 4) is 0 Å². The molecule has 32 heavy (non-hydrogen) atoms. The molecule has 0 spiro atoms. The second-order valence-corrected chi connectivity index (χ2v) is 8.59. The van der Waals surface area contributed by atoms with Gasteiger partial charge in [0.25, 0.3) is 5.91 Å². The number of fused-ring (bicyclic) bond motifs is 1. The zero-order valence-electron chi connectivity index (χ0n) is 18.4. The van der Waals surface area contributed by atoms with E-state index in [-0.39, 0.29) is 18.5 Å². The Labute approximate surface area is 189 Å². The fourth-order valence-electron chi connectivity index (χ4n) is 4.48. The van der Waals surface area contributed by atoms with E-state index >= 15 is 0 Å². The lowest BCUT2D eigenvalue weighted by molar-refractivity contribution is 0.0762. The average Bonchev–Trinajstić information content (AvgIpc) is 3.09. The Kier molecular flexibility index (Phi) is 7.39. The molecule has 3 amide bonds. The summed E-state index contributed by atoms with van der Waals surface area (Å²) >= 11 is 0. The SMILES string of the molecule is O=C(NC[C@H](O)CN1CCc2ccccc2C1)N1CCCN(C(=O)c2ccccc2)CC1. The third-order valence-corrected chi connectivity index (χ3v) is 6.26. The van der Waals surface area contributed by atoms with E-state index in [2.05, 4.69) is 34.5 Å². The van der Waals surface area contributed by atoms with Gasteiger partial charge in [0.15, 0.2) is 0 Å². The number of carbonyl (C=O) groups is 2. The number of nitrogens with zero attached hydrogens (tertiary/aromatic N) is 3. The van der Waals surface area contributed by atoms with Crippen LogP contribution in [0, 0.1) is 0 Å². The molecule has 1 fully saturated rings. The van der Waals surface area contributed by atoms with E-state index in [1.807, 2.05) is 35.2 Å². The van der Waals surface area contributed by atoms with Crippen LogP contribution in [0.2, 0.25) is 0 Å². The maximum absolute atomic E-state index is 12.7. The Balaban J connectivity index is 1.21. The molecule has 4 rings (SSSR count). The summed E-state index contributed by atoms with van der Waals surface area (Å²) < 4.78 is 0. The highest BCUT2D eigenvalue weighted by molar-refractivity contribution is 5.94. The number of amides is 3. The summed E-state index contributed by atoms with van der Waals surface area (Å²) in [5, 5.41) is 13.3. The zero-order chi connectivity index (χ0) is 22.3. The Morgan fingerprint density at radius 3 is 2.38 bits per heavy atom. The highest BCUT2D eigenvalue weighted by atomic mass is 16.3. The number of nitrogens with one attached hydrogen (secondary N) is 1. The number of aliphatic hydroxyl groups excluding tert-OH is 1. The summed E-state index contributed by atoms with van der Waals surface area (Å²) in [6.45, 7) is 4.74. The first-order chi connectivity index (χ1) is 15.6. The molecule has 0 aromatic heterocycles. The van der Waals surface area contributed by atoms with Gasteiger partial charge in [0.05, 0.1) is 6.10 Å². The highest BCUT2D eigenvalue weighted by Gasteiger charge is 2.24. The summed E-state index contributed by atoms with van der Waals surface area (Å²) in [4.78, 5) is 31.1. The number of aliphatic hydroxyl groups is 1. The summed E-state index contributed by atoms with van der Waals surface area (Å²) in [5.74, 6) is 0.00591. The van der Waals surface area contributed by atoms with Gasteiger partial charge in [0, 0.05) is 57.9 Å². The van der Waals surface area contributed by atoms with Crippen molar-refractivity contribution < 1.29 is 14.7 Å². The topological polar surface area (TPSA) is 76.1 Å². The largest absolute Gasteiger partial charge is 0.390 e. The molecule has 1 saturated heterocycles. The van der Waals surface area contributed by atoms with E-state index in [9.17, 15) is 14.7 Å². The van der Waals surface area contributed by atoms with Gasteiger partial charge >= 0.3 is 6.03 Å². The number of β-amino-alcohol motifs (C(OH)–C–C–N with tert-alkyl or cyclic N) is 1. The Hall–Kier alpha value is -2.90. The van der Waals surface area contributed by atoms with Crippen molar-refractivity contribution in [1.82, 2.24) is 20.0 Å². The molecule has 2 aliphatic heterocycles. The van der Waals surface area contributed by atoms with Gasteiger partial charge in [-0.25, -0.2) is 4.79 Å². The van der Waals surface area contributed by atoms with E-state index in [1.54, 1.807) is 4.90 Å². The number of benzene rings is 2. The molecule has 0 unspecified atom stereocenters. The van der Waals surface area contributed by atoms with Crippen LogP contribution >= 0.6 is 0 Å². The van der Waals surface area contributed by atoms with Gasteiger partial charge in [-0.3, -0.25) is 9.69 Å². The van der Waals surface area contributed by atoms with Crippen LogP contribution in [0.3, 0.4) is 0 Å². The minimum absolute atomic E-state index is 0.00591. The normalized spacial score (nSPS) is 17.9. The minimum atomic E-state index is -0.618. The third kappa shape index (κ3) is 5.66. The van der Waals surface area contributed by atoms with Gasteiger partial charge in [0.2, 0.25) is 0 Å². The van der Waals surface area contributed by atoms with Crippen LogP contribution in [-0.4, -0.2) is 83.7 Å². The lowest BCUT2D eigenvalue weighted by Gasteiger charge is -2.30. The van der Waals surface area contributed by atoms with Crippen LogP contribution < -0.4 is 5.32 Å². The lowest BCUT2D eigenvalue weighted by atomic mass is 10.00. The molecule has 2 aromatic rings. The monoisotopic (exact) mass is 436 g/mol. The van der Waals surface area contributed by atoms with Crippen LogP contribution in [0.1, 0.15) is 27.9 Å². The molecule has 1 atom stereocenters. The molecule has 2 aliphatic rings. The number of hydrogen-bond acceptors (Lipinski definition) is 4.